The molecule has 0 aliphatic carbocycles. The van der Waals surface area contributed by atoms with Crippen molar-refractivity contribution >= 4 is 15.9 Å². The summed E-state index contributed by atoms with van der Waals surface area (Å²) in [5, 5.41) is 0. The Balaban J connectivity index is 1.64. The van der Waals surface area contributed by atoms with Gasteiger partial charge in [-0.2, -0.15) is 4.31 Å². The summed E-state index contributed by atoms with van der Waals surface area (Å²) >= 11 is 0. The van der Waals surface area contributed by atoms with E-state index < -0.39 is 10.0 Å². The Bertz CT molecular complexity index is 1040. The van der Waals surface area contributed by atoms with Crippen LogP contribution >= 0.6 is 0 Å². The van der Waals surface area contributed by atoms with Crippen LogP contribution in [0.5, 0.6) is 5.75 Å². The molecule has 0 spiro atoms. The van der Waals surface area contributed by atoms with E-state index in [0.29, 0.717) is 31.6 Å². The topological polar surface area (TPSA) is 79.8 Å². The first-order valence-electron chi connectivity index (χ1n) is 10.1. The third kappa shape index (κ3) is 3.81. The van der Waals surface area contributed by atoms with Crippen molar-refractivity contribution in [2.24, 2.45) is 5.92 Å². The van der Waals surface area contributed by atoms with E-state index in [9.17, 15) is 13.2 Å². The van der Waals surface area contributed by atoms with Crippen LogP contribution in [0.4, 0.5) is 0 Å². The maximum Gasteiger partial charge on any atom is 0.254 e. The Morgan fingerprint density at radius 3 is 2.53 bits per heavy atom. The number of sulfonamides is 1. The number of piperidine rings is 1. The van der Waals surface area contributed by atoms with E-state index in [0.717, 1.165) is 16.9 Å². The fraction of sp³-hybridized carbons (Fsp3) is 0.455. The molecule has 1 aromatic carbocycles. The van der Waals surface area contributed by atoms with Crippen LogP contribution in [0.15, 0.2) is 42.7 Å². The van der Waals surface area contributed by atoms with Crippen molar-refractivity contribution < 1.29 is 17.9 Å². The van der Waals surface area contributed by atoms with E-state index in [1.54, 1.807) is 29.9 Å². The smallest absolute Gasteiger partial charge is 0.254 e. The fourth-order valence-corrected chi connectivity index (χ4v) is 6.03. The molecule has 0 saturated carbocycles. The molecule has 3 atom stereocenters. The second kappa shape index (κ2) is 8.00. The van der Waals surface area contributed by atoms with Crippen molar-refractivity contribution in [2.45, 2.75) is 25.3 Å². The number of hydrogen-bond donors (Lipinski definition) is 0. The van der Waals surface area contributed by atoms with Crippen LogP contribution in [0.2, 0.25) is 0 Å². The molecule has 7 nitrogen and oxygen atoms in total. The van der Waals surface area contributed by atoms with Gasteiger partial charge in [0.05, 0.1) is 13.4 Å². The van der Waals surface area contributed by atoms with Gasteiger partial charge in [-0.3, -0.25) is 9.78 Å². The Labute approximate surface area is 177 Å². The number of ether oxygens (including phenoxy) is 1. The van der Waals surface area contributed by atoms with Crippen LogP contribution in [-0.2, 0) is 10.0 Å². The lowest BCUT2D eigenvalue weighted by atomic mass is 9.81. The van der Waals surface area contributed by atoms with Crippen molar-refractivity contribution in [2.75, 3.05) is 33.0 Å². The van der Waals surface area contributed by atoms with Gasteiger partial charge in [0, 0.05) is 55.5 Å². The highest BCUT2D eigenvalue weighted by molar-refractivity contribution is 7.88. The number of aromatic nitrogens is 1. The third-order valence-electron chi connectivity index (χ3n) is 6.39. The van der Waals surface area contributed by atoms with E-state index in [1.165, 1.54) is 6.26 Å². The van der Waals surface area contributed by atoms with Crippen molar-refractivity contribution in [1.29, 1.82) is 0 Å². The average Bonchev–Trinajstić information content (AvgIpc) is 3.13. The molecule has 2 aliphatic heterocycles. The third-order valence-corrected chi connectivity index (χ3v) is 7.66. The predicted molar refractivity (Wildman–Crippen MR) is 114 cm³/mol. The van der Waals surface area contributed by atoms with Crippen LogP contribution in [0.25, 0.3) is 0 Å². The molecule has 160 valence electrons. The molecule has 30 heavy (non-hydrogen) atoms. The maximum absolute atomic E-state index is 13.2. The van der Waals surface area contributed by atoms with Gasteiger partial charge in [0.2, 0.25) is 10.0 Å². The molecule has 2 aliphatic rings. The highest BCUT2D eigenvalue weighted by Crippen LogP contribution is 2.43. The molecule has 8 heteroatoms. The summed E-state index contributed by atoms with van der Waals surface area (Å²) in [4.78, 5) is 19.1. The lowest BCUT2D eigenvalue weighted by Gasteiger charge is -2.38. The number of benzene rings is 1. The minimum absolute atomic E-state index is 0.0142. The molecular weight excluding hydrogens is 402 g/mol. The zero-order valence-corrected chi connectivity index (χ0v) is 18.3. The summed E-state index contributed by atoms with van der Waals surface area (Å²) < 4.78 is 31.8. The number of pyridine rings is 1. The van der Waals surface area contributed by atoms with Crippen LogP contribution < -0.4 is 4.74 Å². The first kappa shape index (κ1) is 20.8. The van der Waals surface area contributed by atoms with Crippen LogP contribution in [0, 0.1) is 12.8 Å². The Morgan fingerprint density at radius 1 is 1.17 bits per heavy atom. The number of likely N-dealkylation sites (tertiary alicyclic amines) is 1. The summed E-state index contributed by atoms with van der Waals surface area (Å²) in [7, 11) is -1.70. The SMILES string of the molecule is COc1ccc([C@@H]2CN(S(C)(=O)=O)[C@H]3CCN(C(=O)c4ccncc4C)C[C@@H]23)cc1. The Hall–Kier alpha value is -2.45. The Kier molecular flexibility index (Phi) is 5.55. The average molecular weight is 430 g/mol. The van der Waals surface area contributed by atoms with Gasteiger partial charge in [-0.25, -0.2) is 8.42 Å². The molecule has 1 aromatic heterocycles. The fourth-order valence-electron chi connectivity index (χ4n) is 4.84. The van der Waals surface area contributed by atoms with E-state index in [2.05, 4.69) is 4.98 Å². The number of methoxy groups -OCH3 is 1. The zero-order chi connectivity index (χ0) is 21.5. The maximum atomic E-state index is 13.2. The molecule has 0 N–H and O–H groups in total. The number of carbonyl (C=O) groups excluding carboxylic acids is 1. The van der Waals surface area contributed by atoms with Gasteiger partial charge in [0.15, 0.2) is 0 Å². The van der Waals surface area contributed by atoms with E-state index in [1.807, 2.05) is 36.1 Å². The van der Waals surface area contributed by atoms with Gasteiger partial charge < -0.3 is 9.64 Å². The highest BCUT2D eigenvalue weighted by Gasteiger charge is 2.49. The van der Waals surface area contributed by atoms with Gasteiger partial charge in [-0.1, -0.05) is 12.1 Å². The quantitative estimate of drug-likeness (QED) is 0.745. The predicted octanol–water partition coefficient (Wildman–Crippen LogP) is 2.29. The molecular formula is C22H27N3O4S. The molecule has 3 heterocycles. The number of aryl methyl sites for hydroxylation is 1. The molecule has 1 amide bonds. The summed E-state index contributed by atoms with van der Waals surface area (Å²) in [6.07, 6.45) is 5.24. The van der Waals surface area contributed by atoms with Crippen molar-refractivity contribution in [3.05, 3.63) is 59.4 Å². The lowest BCUT2D eigenvalue weighted by Crippen LogP contribution is -2.49. The summed E-state index contributed by atoms with van der Waals surface area (Å²) in [6.45, 7) is 3.40. The second-order valence-electron chi connectivity index (χ2n) is 8.17. The number of carbonyl (C=O) groups is 1. The Morgan fingerprint density at radius 2 is 1.90 bits per heavy atom. The zero-order valence-electron chi connectivity index (χ0n) is 17.5. The molecule has 0 radical (unpaired) electrons. The minimum atomic E-state index is -3.33. The van der Waals surface area contributed by atoms with E-state index in [4.69, 9.17) is 4.74 Å². The lowest BCUT2D eigenvalue weighted by molar-refractivity contribution is 0.0630. The van der Waals surface area contributed by atoms with Crippen LogP contribution in [-0.4, -0.2) is 67.6 Å². The van der Waals surface area contributed by atoms with Gasteiger partial charge >= 0.3 is 0 Å². The van der Waals surface area contributed by atoms with Gasteiger partial charge in [-0.15, -0.1) is 0 Å². The second-order valence-corrected chi connectivity index (χ2v) is 10.1. The van der Waals surface area contributed by atoms with Gasteiger partial charge in [-0.05, 0) is 42.7 Å². The first-order valence-corrected chi connectivity index (χ1v) is 11.9. The number of rotatable bonds is 4. The van der Waals surface area contributed by atoms with Gasteiger partial charge in [0.25, 0.3) is 5.91 Å². The van der Waals surface area contributed by atoms with E-state index in [-0.39, 0.29) is 23.8 Å². The summed E-state index contributed by atoms with van der Waals surface area (Å²) in [5.74, 6) is 0.833. The molecule has 0 bridgehead atoms. The van der Waals surface area contributed by atoms with Crippen molar-refractivity contribution in [3.63, 3.8) is 0 Å². The molecule has 2 fully saturated rings. The summed E-state index contributed by atoms with van der Waals surface area (Å²) in [6, 6.07) is 9.47. The molecule has 2 saturated heterocycles. The standard InChI is InChI=1S/C22H27N3O4S/c1-15-12-23-10-8-18(15)22(26)24-11-9-21-20(13-24)19(14-25(21)30(3,27)28)16-4-6-17(29-2)7-5-16/h4-8,10,12,19-21H,9,11,13-14H2,1-3H3/t19-,20-,21-/m0/s1. The summed E-state index contributed by atoms with van der Waals surface area (Å²) in [5.41, 5.74) is 2.58. The number of amides is 1. The molecule has 4 rings (SSSR count). The van der Waals surface area contributed by atoms with E-state index >= 15 is 0 Å². The highest BCUT2D eigenvalue weighted by atomic mass is 32.2. The molecule has 2 aromatic rings. The molecule has 0 unspecified atom stereocenters. The monoisotopic (exact) mass is 429 g/mol. The van der Waals surface area contributed by atoms with Crippen molar-refractivity contribution in [1.82, 2.24) is 14.2 Å². The number of hydrogen-bond acceptors (Lipinski definition) is 5. The van der Waals surface area contributed by atoms with Crippen molar-refractivity contribution in [3.8, 4) is 5.75 Å². The minimum Gasteiger partial charge on any atom is -0.497 e. The number of fused-ring (bicyclic) bond motifs is 1. The largest absolute Gasteiger partial charge is 0.497 e. The normalized spacial score (nSPS) is 24.5. The van der Waals surface area contributed by atoms with Crippen LogP contribution in [0.3, 0.4) is 0 Å². The first-order chi connectivity index (χ1) is 14.3. The van der Waals surface area contributed by atoms with Crippen LogP contribution in [0.1, 0.15) is 33.8 Å². The van der Waals surface area contributed by atoms with Gasteiger partial charge in [0.1, 0.15) is 5.75 Å². The number of nitrogens with zero attached hydrogens (tertiary/aromatic N) is 3.